The molecule has 0 saturated heterocycles. The first kappa shape index (κ1) is 17.4. The third kappa shape index (κ3) is 4.50. The molecule has 0 saturated carbocycles. The number of hydrogen-bond acceptors (Lipinski definition) is 3. The van der Waals surface area contributed by atoms with Crippen molar-refractivity contribution < 1.29 is 18.7 Å². The van der Waals surface area contributed by atoms with E-state index in [1.165, 1.54) is 19.2 Å². The number of ether oxygens (including phenoxy) is 2. The summed E-state index contributed by atoms with van der Waals surface area (Å²) in [4.78, 5) is 12.2. The van der Waals surface area contributed by atoms with Crippen LogP contribution in [0.3, 0.4) is 0 Å². The summed E-state index contributed by atoms with van der Waals surface area (Å²) in [6.45, 7) is 1.55. The molecule has 2 rings (SSSR count). The van der Waals surface area contributed by atoms with Crippen LogP contribution in [0.4, 0.5) is 10.1 Å². The third-order valence-corrected chi connectivity index (χ3v) is 3.52. The Morgan fingerprint density at radius 1 is 1.17 bits per heavy atom. The Bertz CT molecular complexity index is 724. The van der Waals surface area contributed by atoms with Gasteiger partial charge in [-0.1, -0.05) is 23.2 Å². The Hall–Kier alpha value is -1.98. The van der Waals surface area contributed by atoms with E-state index in [0.29, 0.717) is 16.5 Å². The monoisotopic (exact) mass is 357 g/mol. The van der Waals surface area contributed by atoms with Gasteiger partial charge in [0.25, 0.3) is 5.91 Å². The van der Waals surface area contributed by atoms with Crippen molar-refractivity contribution in [3.05, 3.63) is 52.3 Å². The zero-order chi connectivity index (χ0) is 17.0. The standard InChI is InChI=1S/C16H14Cl2FNO3/c1-9(23-14-6-4-11(19)8-12(14)18)16(21)20-13-7-10(17)3-5-15(13)22-2/h3-9H,1-2H3,(H,20,21). The molecule has 1 atom stereocenters. The molecule has 1 unspecified atom stereocenters. The molecule has 0 aliphatic heterocycles. The van der Waals surface area contributed by atoms with Gasteiger partial charge >= 0.3 is 0 Å². The summed E-state index contributed by atoms with van der Waals surface area (Å²) in [5.74, 6) is -0.224. The minimum absolute atomic E-state index is 0.0880. The highest BCUT2D eigenvalue weighted by molar-refractivity contribution is 6.32. The maximum absolute atomic E-state index is 13.0. The normalized spacial score (nSPS) is 11.7. The molecule has 7 heteroatoms. The minimum Gasteiger partial charge on any atom is -0.495 e. The Balaban J connectivity index is 2.10. The molecule has 0 radical (unpaired) electrons. The van der Waals surface area contributed by atoms with Crippen LogP contribution in [0.25, 0.3) is 0 Å². The molecule has 0 aliphatic carbocycles. The van der Waals surface area contributed by atoms with Crippen molar-refractivity contribution in [1.29, 1.82) is 0 Å². The summed E-state index contributed by atoms with van der Waals surface area (Å²) < 4.78 is 23.6. The van der Waals surface area contributed by atoms with Crippen LogP contribution < -0.4 is 14.8 Å². The predicted molar refractivity (Wildman–Crippen MR) is 88.1 cm³/mol. The van der Waals surface area contributed by atoms with Crippen LogP contribution in [0.2, 0.25) is 10.0 Å². The van der Waals surface area contributed by atoms with Gasteiger partial charge in [0.1, 0.15) is 17.3 Å². The molecule has 122 valence electrons. The van der Waals surface area contributed by atoms with Crippen molar-refractivity contribution in [2.75, 3.05) is 12.4 Å². The Labute approximate surface area is 143 Å². The van der Waals surface area contributed by atoms with Gasteiger partial charge in [-0.3, -0.25) is 4.79 Å². The average molecular weight is 358 g/mol. The van der Waals surface area contributed by atoms with Crippen LogP contribution >= 0.6 is 23.2 Å². The summed E-state index contributed by atoms with van der Waals surface area (Å²) in [6, 6.07) is 8.53. The molecule has 0 spiro atoms. The summed E-state index contributed by atoms with van der Waals surface area (Å²) in [7, 11) is 1.48. The lowest BCUT2D eigenvalue weighted by atomic mass is 10.2. The van der Waals surface area contributed by atoms with Gasteiger partial charge in [0.15, 0.2) is 6.10 Å². The maximum Gasteiger partial charge on any atom is 0.265 e. The predicted octanol–water partition coefficient (Wildman–Crippen LogP) is 4.55. The van der Waals surface area contributed by atoms with Crippen LogP contribution in [0.5, 0.6) is 11.5 Å². The van der Waals surface area contributed by atoms with Crippen molar-refractivity contribution in [2.45, 2.75) is 13.0 Å². The number of benzene rings is 2. The van der Waals surface area contributed by atoms with Crippen LogP contribution in [-0.4, -0.2) is 19.1 Å². The SMILES string of the molecule is COc1ccc(Cl)cc1NC(=O)C(C)Oc1ccc(F)cc1Cl. The zero-order valence-electron chi connectivity index (χ0n) is 12.4. The molecule has 2 aromatic carbocycles. The van der Waals surface area contributed by atoms with Gasteiger partial charge in [0, 0.05) is 5.02 Å². The molecular formula is C16H14Cl2FNO3. The van der Waals surface area contributed by atoms with Crippen LogP contribution in [0.15, 0.2) is 36.4 Å². The first-order valence-electron chi connectivity index (χ1n) is 6.67. The largest absolute Gasteiger partial charge is 0.495 e. The van der Waals surface area contributed by atoms with Crippen molar-refractivity contribution >= 4 is 34.8 Å². The smallest absolute Gasteiger partial charge is 0.265 e. The van der Waals surface area contributed by atoms with Gasteiger partial charge in [0.2, 0.25) is 0 Å². The molecule has 23 heavy (non-hydrogen) atoms. The number of carbonyl (C=O) groups excluding carboxylic acids is 1. The number of nitrogens with one attached hydrogen (secondary N) is 1. The lowest BCUT2D eigenvalue weighted by Gasteiger charge is -2.17. The number of amides is 1. The number of carbonyl (C=O) groups is 1. The molecule has 4 nitrogen and oxygen atoms in total. The second-order valence-corrected chi connectivity index (χ2v) is 5.51. The molecular weight excluding hydrogens is 344 g/mol. The maximum atomic E-state index is 13.0. The summed E-state index contributed by atoms with van der Waals surface area (Å²) in [6.07, 6.45) is -0.860. The summed E-state index contributed by atoms with van der Waals surface area (Å²) in [5.41, 5.74) is 0.422. The number of methoxy groups -OCH3 is 1. The average Bonchev–Trinajstić information content (AvgIpc) is 2.50. The summed E-state index contributed by atoms with van der Waals surface area (Å²) >= 11 is 11.8. The van der Waals surface area contributed by atoms with Gasteiger partial charge < -0.3 is 14.8 Å². The molecule has 2 aromatic rings. The molecule has 1 amide bonds. The second kappa shape index (κ2) is 7.53. The lowest BCUT2D eigenvalue weighted by molar-refractivity contribution is -0.122. The molecule has 0 fully saturated rings. The topological polar surface area (TPSA) is 47.6 Å². The van der Waals surface area contributed by atoms with Crippen molar-refractivity contribution in [3.8, 4) is 11.5 Å². The molecule has 0 aromatic heterocycles. The van der Waals surface area contributed by atoms with Crippen LogP contribution in [-0.2, 0) is 4.79 Å². The highest BCUT2D eigenvalue weighted by atomic mass is 35.5. The van der Waals surface area contributed by atoms with E-state index in [-0.39, 0.29) is 10.8 Å². The molecule has 0 bridgehead atoms. The minimum atomic E-state index is -0.860. The Morgan fingerprint density at radius 3 is 2.52 bits per heavy atom. The van der Waals surface area contributed by atoms with E-state index in [1.807, 2.05) is 0 Å². The van der Waals surface area contributed by atoms with Crippen molar-refractivity contribution in [3.63, 3.8) is 0 Å². The zero-order valence-corrected chi connectivity index (χ0v) is 13.9. The Morgan fingerprint density at radius 2 is 1.87 bits per heavy atom. The van der Waals surface area contributed by atoms with Gasteiger partial charge in [-0.05, 0) is 43.3 Å². The lowest BCUT2D eigenvalue weighted by Crippen LogP contribution is -2.30. The van der Waals surface area contributed by atoms with Gasteiger partial charge in [-0.15, -0.1) is 0 Å². The fourth-order valence-electron chi connectivity index (χ4n) is 1.83. The van der Waals surface area contributed by atoms with Crippen molar-refractivity contribution in [2.24, 2.45) is 0 Å². The van der Waals surface area contributed by atoms with E-state index in [9.17, 15) is 9.18 Å². The quantitative estimate of drug-likeness (QED) is 0.853. The number of hydrogen-bond donors (Lipinski definition) is 1. The Kier molecular flexibility index (Phi) is 5.69. The van der Waals surface area contributed by atoms with Gasteiger partial charge in [0.05, 0.1) is 17.8 Å². The van der Waals surface area contributed by atoms with E-state index in [2.05, 4.69) is 5.32 Å². The van der Waals surface area contributed by atoms with E-state index in [1.54, 1.807) is 25.1 Å². The van der Waals surface area contributed by atoms with Gasteiger partial charge in [-0.25, -0.2) is 4.39 Å². The van der Waals surface area contributed by atoms with Gasteiger partial charge in [-0.2, -0.15) is 0 Å². The summed E-state index contributed by atoms with van der Waals surface area (Å²) in [5, 5.41) is 3.21. The molecule has 0 aliphatic rings. The highest BCUT2D eigenvalue weighted by Gasteiger charge is 2.18. The number of rotatable bonds is 5. The van der Waals surface area contributed by atoms with E-state index < -0.39 is 17.8 Å². The van der Waals surface area contributed by atoms with Crippen LogP contribution in [0.1, 0.15) is 6.92 Å². The third-order valence-electron chi connectivity index (χ3n) is 2.99. The van der Waals surface area contributed by atoms with Crippen LogP contribution in [0, 0.1) is 5.82 Å². The first-order valence-corrected chi connectivity index (χ1v) is 7.42. The van der Waals surface area contributed by atoms with Crippen molar-refractivity contribution in [1.82, 2.24) is 0 Å². The molecule has 1 N–H and O–H groups in total. The fourth-order valence-corrected chi connectivity index (χ4v) is 2.21. The van der Waals surface area contributed by atoms with E-state index in [0.717, 1.165) is 6.07 Å². The van der Waals surface area contributed by atoms with E-state index in [4.69, 9.17) is 32.7 Å². The number of anilines is 1. The number of halogens is 3. The second-order valence-electron chi connectivity index (χ2n) is 4.67. The fraction of sp³-hybridized carbons (Fsp3) is 0.188. The molecule has 0 heterocycles. The first-order chi connectivity index (χ1) is 10.9. The van der Waals surface area contributed by atoms with E-state index >= 15 is 0 Å². The highest BCUT2D eigenvalue weighted by Crippen LogP contribution is 2.29.